The number of aliphatic hydroxyl groups is 2. The summed E-state index contributed by atoms with van der Waals surface area (Å²) >= 11 is 0. The zero-order chi connectivity index (χ0) is 18.4. The third-order valence-corrected chi connectivity index (χ3v) is 3.92. The monoisotopic (exact) mass is 352 g/mol. The fraction of sp³-hybridized carbons (Fsp3) is 0.529. The van der Waals surface area contributed by atoms with Gasteiger partial charge in [0.2, 0.25) is 11.8 Å². The number of ether oxygens (including phenoxy) is 2. The van der Waals surface area contributed by atoms with Crippen molar-refractivity contribution in [1.82, 2.24) is 10.6 Å². The Labute approximate surface area is 146 Å². The van der Waals surface area contributed by atoms with Crippen molar-refractivity contribution in [2.24, 2.45) is 0 Å². The van der Waals surface area contributed by atoms with Gasteiger partial charge >= 0.3 is 0 Å². The topological polar surface area (TPSA) is 117 Å². The number of amides is 2. The van der Waals surface area contributed by atoms with E-state index in [4.69, 9.17) is 9.47 Å². The molecule has 4 N–H and O–H groups in total. The molecule has 0 aromatic heterocycles. The molecule has 0 bridgehead atoms. The van der Waals surface area contributed by atoms with Gasteiger partial charge in [0, 0.05) is 13.8 Å². The Hall–Kier alpha value is -2.00. The predicted octanol–water partition coefficient (Wildman–Crippen LogP) is -0.709. The van der Waals surface area contributed by atoms with Crippen molar-refractivity contribution in [2.75, 3.05) is 6.61 Å². The van der Waals surface area contributed by atoms with Gasteiger partial charge in [-0.15, -0.1) is 0 Å². The second kappa shape index (κ2) is 8.91. The maximum atomic E-state index is 11.5. The minimum Gasteiger partial charge on any atom is -0.394 e. The number of benzene rings is 1. The summed E-state index contributed by atoms with van der Waals surface area (Å²) in [5, 5.41) is 25.3. The highest BCUT2D eigenvalue weighted by atomic mass is 16.7. The molecule has 5 atom stereocenters. The van der Waals surface area contributed by atoms with Gasteiger partial charge in [-0.3, -0.25) is 9.59 Å². The van der Waals surface area contributed by atoms with Crippen molar-refractivity contribution in [2.45, 2.75) is 51.0 Å². The zero-order valence-electron chi connectivity index (χ0n) is 14.2. The first-order chi connectivity index (χ1) is 11.9. The summed E-state index contributed by atoms with van der Waals surface area (Å²) in [6.45, 7) is 2.40. The van der Waals surface area contributed by atoms with E-state index < -0.39 is 37.2 Å². The fourth-order valence-electron chi connectivity index (χ4n) is 2.80. The molecule has 0 radical (unpaired) electrons. The Bertz CT molecular complexity index is 582. The third-order valence-electron chi connectivity index (χ3n) is 3.92. The van der Waals surface area contributed by atoms with E-state index in [-0.39, 0.29) is 18.4 Å². The van der Waals surface area contributed by atoms with Crippen LogP contribution < -0.4 is 10.6 Å². The molecule has 1 aromatic rings. The molecular formula is C17H24N2O6. The standard InChI is InChI=1S/C17H24N2O6/c1-10(21)18-14-13(8-20)25-17(15(16(14)23)19-11(2)22)24-9-12-6-4-3-5-7-12/h3-7,13-17,20,23H,8-9H2,1-2H3,(H,18,21)(H,19,22)/t13-,14+,15-,16+,17+/m1/s1. The molecule has 138 valence electrons. The van der Waals surface area contributed by atoms with Crippen LogP contribution in [0.5, 0.6) is 0 Å². The lowest BCUT2D eigenvalue weighted by Crippen LogP contribution is -2.68. The average Bonchev–Trinajstić information content (AvgIpc) is 2.58. The molecule has 1 aliphatic rings. The molecule has 8 heteroatoms. The normalized spacial score (nSPS) is 29.0. The highest BCUT2D eigenvalue weighted by molar-refractivity contribution is 5.74. The van der Waals surface area contributed by atoms with Crippen LogP contribution in [-0.2, 0) is 25.7 Å². The van der Waals surface area contributed by atoms with Crippen molar-refractivity contribution >= 4 is 11.8 Å². The molecular weight excluding hydrogens is 328 g/mol. The molecule has 1 fully saturated rings. The lowest BCUT2D eigenvalue weighted by molar-refractivity contribution is -0.250. The van der Waals surface area contributed by atoms with Crippen molar-refractivity contribution in [3.8, 4) is 0 Å². The molecule has 1 heterocycles. The summed E-state index contributed by atoms with van der Waals surface area (Å²) in [5.74, 6) is -0.749. The number of hydrogen-bond acceptors (Lipinski definition) is 6. The molecule has 8 nitrogen and oxygen atoms in total. The number of rotatable bonds is 6. The summed E-state index contributed by atoms with van der Waals surface area (Å²) in [7, 11) is 0. The van der Waals surface area contributed by atoms with E-state index in [1.807, 2.05) is 30.3 Å². The quantitative estimate of drug-likeness (QED) is 0.537. The zero-order valence-corrected chi connectivity index (χ0v) is 14.2. The Balaban J connectivity index is 2.14. The summed E-state index contributed by atoms with van der Waals surface area (Å²) in [4.78, 5) is 22.8. The summed E-state index contributed by atoms with van der Waals surface area (Å²) < 4.78 is 11.4. The van der Waals surface area contributed by atoms with Crippen molar-refractivity contribution in [3.05, 3.63) is 35.9 Å². The van der Waals surface area contributed by atoms with Gasteiger partial charge in [0.15, 0.2) is 6.29 Å². The molecule has 0 spiro atoms. The molecule has 1 saturated heterocycles. The summed E-state index contributed by atoms with van der Waals surface area (Å²) in [6, 6.07) is 7.60. The predicted molar refractivity (Wildman–Crippen MR) is 88.2 cm³/mol. The number of nitrogens with one attached hydrogen (secondary N) is 2. The Kier molecular flexibility index (Phi) is 6.89. The molecule has 2 rings (SSSR count). The Morgan fingerprint density at radius 2 is 1.72 bits per heavy atom. The molecule has 0 unspecified atom stereocenters. The van der Waals surface area contributed by atoms with Crippen molar-refractivity contribution in [3.63, 3.8) is 0 Å². The van der Waals surface area contributed by atoms with Crippen LogP contribution in [0.4, 0.5) is 0 Å². The van der Waals surface area contributed by atoms with Gasteiger partial charge in [-0.1, -0.05) is 30.3 Å². The van der Waals surface area contributed by atoms with E-state index in [2.05, 4.69) is 10.6 Å². The third kappa shape index (κ3) is 5.23. The van der Waals surface area contributed by atoms with E-state index in [9.17, 15) is 19.8 Å². The molecule has 25 heavy (non-hydrogen) atoms. The van der Waals surface area contributed by atoms with Gasteiger partial charge in [0.1, 0.15) is 18.2 Å². The highest BCUT2D eigenvalue weighted by Crippen LogP contribution is 2.23. The number of carbonyl (C=O) groups is 2. The SMILES string of the molecule is CC(=O)N[C@@H]1[C@H](O)[C@@H](NC(C)=O)[C@@H](OCc2ccccc2)O[C@@H]1CO. The number of carbonyl (C=O) groups excluding carboxylic acids is 2. The van der Waals surface area contributed by atoms with Gasteiger partial charge in [-0.2, -0.15) is 0 Å². The second-order valence-corrected chi connectivity index (χ2v) is 5.97. The first-order valence-corrected chi connectivity index (χ1v) is 8.06. The minimum absolute atomic E-state index is 0.206. The van der Waals surface area contributed by atoms with Crippen LogP contribution in [0.15, 0.2) is 30.3 Å². The van der Waals surface area contributed by atoms with Crippen molar-refractivity contribution < 1.29 is 29.3 Å². The smallest absolute Gasteiger partial charge is 0.217 e. The first-order valence-electron chi connectivity index (χ1n) is 8.06. The van der Waals surface area contributed by atoms with Crippen LogP contribution in [0.1, 0.15) is 19.4 Å². The van der Waals surface area contributed by atoms with Crippen LogP contribution in [-0.4, -0.2) is 59.2 Å². The lowest BCUT2D eigenvalue weighted by Gasteiger charge is -2.44. The largest absolute Gasteiger partial charge is 0.394 e. The Morgan fingerprint density at radius 3 is 2.28 bits per heavy atom. The van der Waals surface area contributed by atoms with E-state index in [1.54, 1.807) is 0 Å². The molecule has 2 amide bonds. The van der Waals surface area contributed by atoms with Crippen molar-refractivity contribution in [1.29, 1.82) is 0 Å². The van der Waals surface area contributed by atoms with Crippen LogP contribution in [0.25, 0.3) is 0 Å². The van der Waals surface area contributed by atoms with Crippen LogP contribution >= 0.6 is 0 Å². The van der Waals surface area contributed by atoms with Crippen LogP contribution in [0.2, 0.25) is 0 Å². The van der Waals surface area contributed by atoms with Crippen LogP contribution in [0.3, 0.4) is 0 Å². The van der Waals surface area contributed by atoms with E-state index >= 15 is 0 Å². The van der Waals surface area contributed by atoms with E-state index in [0.29, 0.717) is 0 Å². The van der Waals surface area contributed by atoms with Crippen LogP contribution in [0, 0.1) is 0 Å². The number of aliphatic hydroxyl groups excluding tert-OH is 2. The van der Waals surface area contributed by atoms with E-state index in [0.717, 1.165) is 5.56 Å². The number of hydrogen-bond donors (Lipinski definition) is 4. The average molecular weight is 352 g/mol. The highest BCUT2D eigenvalue weighted by Gasteiger charge is 2.46. The minimum atomic E-state index is -1.18. The fourth-order valence-corrected chi connectivity index (χ4v) is 2.80. The van der Waals surface area contributed by atoms with E-state index in [1.165, 1.54) is 13.8 Å². The second-order valence-electron chi connectivity index (χ2n) is 5.97. The van der Waals surface area contributed by atoms with Gasteiger partial charge in [0.25, 0.3) is 0 Å². The van der Waals surface area contributed by atoms with Gasteiger partial charge in [-0.05, 0) is 5.56 Å². The van der Waals surface area contributed by atoms with Gasteiger partial charge < -0.3 is 30.3 Å². The van der Waals surface area contributed by atoms with Gasteiger partial charge in [0.05, 0.1) is 19.3 Å². The molecule has 0 aliphatic carbocycles. The first kappa shape index (κ1) is 19.3. The molecule has 1 aliphatic heterocycles. The van der Waals surface area contributed by atoms with Gasteiger partial charge in [-0.25, -0.2) is 0 Å². The molecule has 0 saturated carbocycles. The molecule has 1 aromatic carbocycles. The Morgan fingerprint density at radius 1 is 1.12 bits per heavy atom. The maximum Gasteiger partial charge on any atom is 0.217 e. The lowest BCUT2D eigenvalue weighted by atomic mass is 9.94. The maximum absolute atomic E-state index is 11.5. The summed E-state index contributed by atoms with van der Waals surface area (Å²) in [6.07, 6.45) is -3.01. The summed E-state index contributed by atoms with van der Waals surface area (Å²) in [5.41, 5.74) is 0.895.